The number of alkyl carbamates (subject to hydrolysis) is 1. The van der Waals surface area contributed by atoms with Gasteiger partial charge in [-0.2, -0.15) is 0 Å². The fourth-order valence-electron chi connectivity index (χ4n) is 2.10. The Morgan fingerprint density at radius 1 is 1.30 bits per heavy atom. The van der Waals surface area contributed by atoms with Gasteiger partial charge in [-0.3, -0.25) is 9.59 Å². The number of nitrogens with zero attached hydrogens (tertiary/aromatic N) is 1. The third-order valence-electron chi connectivity index (χ3n) is 2.93. The van der Waals surface area contributed by atoms with Crippen LogP contribution >= 0.6 is 0 Å². The molecular weight excluding hydrogens is 298 g/mol. The molecular formula is C16H35N3O4. The number of Topliss-reactive ketones (excluding diaryl/α,β-unsaturated/α-hetero) is 1. The Morgan fingerprint density at radius 2 is 1.87 bits per heavy atom. The molecule has 0 spiro atoms. The molecule has 2 amide bonds. The van der Waals surface area contributed by atoms with Gasteiger partial charge >= 0.3 is 6.09 Å². The van der Waals surface area contributed by atoms with Crippen LogP contribution in [0.4, 0.5) is 4.79 Å². The molecule has 1 heterocycles. The number of rotatable bonds is 4. The van der Waals surface area contributed by atoms with E-state index in [1.165, 1.54) is 11.3 Å². The van der Waals surface area contributed by atoms with Gasteiger partial charge in [0.1, 0.15) is 12.1 Å². The van der Waals surface area contributed by atoms with Gasteiger partial charge in [-0.05, 0) is 33.6 Å². The maximum Gasteiger partial charge on any atom is 0.408 e. The molecule has 0 aromatic rings. The summed E-state index contributed by atoms with van der Waals surface area (Å²) in [5, 5.41) is 2.40. The lowest BCUT2D eigenvalue weighted by Crippen LogP contribution is -2.47. The molecule has 1 aliphatic rings. The van der Waals surface area contributed by atoms with Crippen LogP contribution in [-0.2, 0) is 14.3 Å². The van der Waals surface area contributed by atoms with Crippen LogP contribution in [0.2, 0.25) is 0 Å². The molecule has 7 nitrogen and oxygen atoms in total. The Bertz CT molecular complexity index is 415. The molecule has 0 aromatic carbocycles. The van der Waals surface area contributed by atoms with Crippen LogP contribution in [-0.4, -0.2) is 54.0 Å². The van der Waals surface area contributed by atoms with Crippen molar-refractivity contribution in [2.45, 2.75) is 65.5 Å². The molecule has 1 rings (SSSR count). The van der Waals surface area contributed by atoms with Crippen LogP contribution in [0.3, 0.4) is 0 Å². The van der Waals surface area contributed by atoms with Crippen molar-refractivity contribution >= 4 is 17.8 Å². The van der Waals surface area contributed by atoms with E-state index in [0.29, 0.717) is 13.0 Å². The van der Waals surface area contributed by atoms with Crippen molar-refractivity contribution in [1.82, 2.24) is 10.2 Å². The fraction of sp³-hybridized carbons (Fsp3) is 0.812. The van der Waals surface area contributed by atoms with Gasteiger partial charge < -0.3 is 20.7 Å². The van der Waals surface area contributed by atoms with E-state index in [2.05, 4.69) is 19.2 Å². The number of ether oxygens (including phenoxy) is 1. The molecule has 1 unspecified atom stereocenters. The normalized spacial score (nSPS) is 17.1. The molecule has 0 aromatic heterocycles. The van der Waals surface area contributed by atoms with Crippen LogP contribution in [0.15, 0.2) is 0 Å². The molecule has 1 aliphatic heterocycles. The molecule has 1 fully saturated rings. The van der Waals surface area contributed by atoms with E-state index < -0.39 is 17.7 Å². The summed E-state index contributed by atoms with van der Waals surface area (Å²) in [4.78, 5) is 36.6. The van der Waals surface area contributed by atoms with E-state index >= 15 is 0 Å². The molecule has 0 bridgehead atoms. The van der Waals surface area contributed by atoms with Gasteiger partial charge in [-0.1, -0.05) is 20.3 Å². The topological polar surface area (TPSA) is 102 Å². The molecule has 1 saturated heterocycles. The molecule has 1 atom stereocenters. The minimum Gasteiger partial charge on any atom is -0.444 e. The summed E-state index contributed by atoms with van der Waals surface area (Å²) in [7, 11) is 0. The molecule has 23 heavy (non-hydrogen) atoms. The van der Waals surface area contributed by atoms with Gasteiger partial charge in [-0.25, -0.2) is 4.79 Å². The number of hydrogen-bond acceptors (Lipinski definition) is 5. The summed E-state index contributed by atoms with van der Waals surface area (Å²) in [6.07, 6.45) is 2.01. The number of nitrogens with two attached hydrogens (primary N) is 1. The smallest absolute Gasteiger partial charge is 0.408 e. The molecule has 138 valence electrons. The van der Waals surface area contributed by atoms with Crippen LogP contribution in [0, 0.1) is 0 Å². The van der Waals surface area contributed by atoms with Crippen LogP contribution < -0.4 is 11.1 Å². The van der Waals surface area contributed by atoms with E-state index in [0.717, 1.165) is 6.42 Å². The van der Waals surface area contributed by atoms with Gasteiger partial charge in [0.15, 0.2) is 5.78 Å². The lowest BCUT2D eigenvalue weighted by Gasteiger charge is -2.24. The van der Waals surface area contributed by atoms with Crippen molar-refractivity contribution in [2.24, 2.45) is 5.73 Å². The molecule has 0 aliphatic carbocycles. The highest BCUT2D eigenvalue weighted by Crippen LogP contribution is 2.17. The first-order valence-electron chi connectivity index (χ1n) is 8.15. The average molecular weight is 333 g/mol. The minimum atomic E-state index is -0.647. The Kier molecular flexibility index (Phi) is 9.48. The van der Waals surface area contributed by atoms with Crippen molar-refractivity contribution in [3.8, 4) is 0 Å². The van der Waals surface area contributed by atoms with E-state index in [4.69, 9.17) is 10.5 Å². The van der Waals surface area contributed by atoms with E-state index in [1.54, 1.807) is 20.8 Å². The zero-order valence-corrected chi connectivity index (χ0v) is 15.0. The highest BCUT2D eigenvalue weighted by atomic mass is 16.6. The summed E-state index contributed by atoms with van der Waals surface area (Å²) in [6.45, 7) is 9.74. The van der Waals surface area contributed by atoms with Crippen LogP contribution in [0.1, 0.15) is 56.7 Å². The lowest BCUT2D eigenvalue weighted by molar-refractivity contribution is -0.136. The maximum atomic E-state index is 12.0. The highest BCUT2D eigenvalue weighted by molar-refractivity contribution is 5.92. The summed E-state index contributed by atoms with van der Waals surface area (Å²) >= 11 is 0. The monoisotopic (exact) mass is 333 g/mol. The number of hydrogen-bond donors (Lipinski definition) is 2. The van der Waals surface area contributed by atoms with Gasteiger partial charge in [0.2, 0.25) is 5.91 Å². The zero-order chi connectivity index (χ0) is 18.0. The standard InChI is InChI=1S/C13H23N3O4.C3H8.2H2/c1-13(2,3)20-12(19)15-8-11(18)16-6-4-5-9(16)10(17)7-14;1-3-2;;/h9H,4-8,14H2,1-3H3,(H,15,19);3H2,1-2H3;2*1H. The Morgan fingerprint density at radius 3 is 2.35 bits per heavy atom. The zero-order valence-electron chi connectivity index (χ0n) is 15.0. The first-order chi connectivity index (χ1) is 10.7. The maximum absolute atomic E-state index is 12.0. The van der Waals surface area contributed by atoms with E-state index in [-0.39, 0.29) is 27.6 Å². The largest absolute Gasteiger partial charge is 0.444 e. The third kappa shape index (κ3) is 8.54. The van der Waals surface area contributed by atoms with Crippen LogP contribution in [0.25, 0.3) is 0 Å². The van der Waals surface area contributed by atoms with Gasteiger partial charge in [0, 0.05) is 9.40 Å². The first kappa shape index (κ1) is 21.4. The Hall–Kier alpha value is -1.63. The molecule has 3 N–H and O–H groups in total. The number of carbonyl (C=O) groups is 3. The predicted octanol–water partition coefficient (Wildman–Crippen LogP) is 1.94. The second kappa shape index (κ2) is 10.2. The predicted molar refractivity (Wildman–Crippen MR) is 93.2 cm³/mol. The number of carbonyl (C=O) groups excluding carboxylic acids is 3. The van der Waals surface area contributed by atoms with Crippen molar-refractivity contribution in [3.05, 3.63) is 0 Å². The second-order valence-corrected chi connectivity index (χ2v) is 6.48. The quantitative estimate of drug-likeness (QED) is 0.818. The van der Waals surface area contributed by atoms with E-state index in [9.17, 15) is 14.4 Å². The van der Waals surface area contributed by atoms with Crippen molar-refractivity contribution < 1.29 is 22.0 Å². The third-order valence-corrected chi connectivity index (χ3v) is 2.93. The number of ketones is 1. The molecule has 0 radical (unpaired) electrons. The SMILES string of the molecule is CC(C)(C)OC(=O)NCC(=O)N1CCCC1C(=O)CN.CCC.[HH].[HH]. The van der Waals surface area contributed by atoms with Gasteiger partial charge in [0.05, 0.1) is 12.6 Å². The minimum absolute atomic E-state index is 0. The number of amides is 2. The highest BCUT2D eigenvalue weighted by Gasteiger charge is 2.33. The summed E-state index contributed by atoms with van der Waals surface area (Å²) in [5.41, 5.74) is 4.72. The van der Waals surface area contributed by atoms with Crippen molar-refractivity contribution in [1.29, 1.82) is 0 Å². The second-order valence-electron chi connectivity index (χ2n) is 6.48. The number of nitrogens with one attached hydrogen (secondary N) is 1. The molecule has 7 heteroatoms. The fourth-order valence-corrected chi connectivity index (χ4v) is 2.10. The summed E-state index contributed by atoms with van der Waals surface area (Å²) in [5.74, 6) is -0.437. The van der Waals surface area contributed by atoms with Crippen molar-refractivity contribution in [2.75, 3.05) is 19.6 Å². The summed E-state index contributed by atoms with van der Waals surface area (Å²) < 4.78 is 5.04. The Labute approximate surface area is 141 Å². The number of likely N-dealkylation sites (tertiary alicyclic amines) is 1. The summed E-state index contributed by atoms with van der Waals surface area (Å²) in [6, 6.07) is -0.451. The van der Waals surface area contributed by atoms with Crippen molar-refractivity contribution in [3.63, 3.8) is 0 Å². The van der Waals surface area contributed by atoms with E-state index in [1.807, 2.05) is 0 Å². The Balaban J connectivity index is -0.000000900. The first-order valence-corrected chi connectivity index (χ1v) is 8.15. The van der Waals surface area contributed by atoms with Gasteiger partial charge in [-0.15, -0.1) is 0 Å². The average Bonchev–Trinajstić information content (AvgIpc) is 2.92. The van der Waals surface area contributed by atoms with Crippen LogP contribution in [0.5, 0.6) is 0 Å². The van der Waals surface area contributed by atoms with Gasteiger partial charge in [0.25, 0.3) is 0 Å². The lowest BCUT2D eigenvalue weighted by atomic mass is 10.1. The molecule has 0 saturated carbocycles.